The van der Waals surface area contributed by atoms with Crippen molar-refractivity contribution in [2.24, 2.45) is 0 Å². The molecule has 0 aliphatic rings. The van der Waals surface area contributed by atoms with Crippen LogP contribution in [0, 0.1) is 55.4 Å². The molecule has 200 valence electrons. The first-order valence-corrected chi connectivity index (χ1v) is 15.3. The van der Waals surface area contributed by atoms with E-state index in [2.05, 4.69) is 0 Å². The molecule has 0 aliphatic heterocycles. The standard InChI is InChI=1S/C33H39O4P/c1-22-14-10-15-23(2)30(22)34-38(9,35-31-24(3)16-11-17-25(31)4,36-32-26(5)18-12-19-27(32)6)37-33-28(7)20-13-21-29(33)8/h10-21H,1-9H3. The van der Waals surface area contributed by atoms with Gasteiger partial charge >= 0.3 is 228 Å². The van der Waals surface area contributed by atoms with Gasteiger partial charge in [-0.3, -0.25) is 0 Å². The first-order valence-electron chi connectivity index (χ1n) is 13.0. The molecule has 4 aromatic rings. The molecule has 4 rings (SSSR count). The molecule has 0 fully saturated rings. The molecule has 0 atom stereocenters. The minimum absolute atomic E-state index is 0.691. The van der Waals surface area contributed by atoms with Crippen LogP contribution in [0.2, 0.25) is 0 Å². The second-order valence-electron chi connectivity index (χ2n) is 10.4. The number of hydrogen-bond donors (Lipinski definition) is 0. The number of rotatable bonds is 8. The van der Waals surface area contributed by atoms with Crippen LogP contribution in [-0.2, 0) is 0 Å². The second-order valence-corrected chi connectivity index (χ2v) is 13.5. The van der Waals surface area contributed by atoms with E-state index in [4.69, 9.17) is 18.1 Å². The van der Waals surface area contributed by atoms with Crippen molar-refractivity contribution in [1.82, 2.24) is 0 Å². The van der Waals surface area contributed by atoms with Gasteiger partial charge in [-0.05, 0) is 0 Å². The van der Waals surface area contributed by atoms with Crippen LogP contribution in [0.5, 0.6) is 23.0 Å². The van der Waals surface area contributed by atoms with Crippen molar-refractivity contribution in [2.45, 2.75) is 55.4 Å². The molecule has 0 saturated heterocycles. The summed E-state index contributed by atoms with van der Waals surface area (Å²) in [6.07, 6.45) is 0. The van der Waals surface area contributed by atoms with Gasteiger partial charge in [-0.25, -0.2) is 0 Å². The fraction of sp³-hybridized carbons (Fsp3) is 0.273. The van der Waals surface area contributed by atoms with Gasteiger partial charge < -0.3 is 0 Å². The van der Waals surface area contributed by atoms with Crippen molar-refractivity contribution in [2.75, 3.05) is 6.66 Å². The van der Waals surface area contributed by atoms with Gasteiger partial charge in [0.2, 0.25) is 0 Å². The summed E-state index contributed by atoms with van der Waals surface area (Å²) in [4.78, 5) is 0. The molecule has 0 aromatic heterocycles. The quantitative estimate of drug-likeness (QED) is 0.213. The van der Waals surface area contributed by atoms with Gasteiger partial charge in [0.05, 0.1) is 0 Å². The topological polar surface area (TPSA) is 36.9 Å². The van der Waals surface area contributed by atoms with Gasteiger partial charge in [-0.15, -0.1) is 0 Å². The van der Waals surface area contributed by atoms with Gasteiger partial charge in [0.1, 0.15) is 0 Å². The molecule has 0 radical (unpaired) electrons. The third-order valence-corrected chi connectivity index (χ3v) is 9.17. The van der Waals surface area contributed by atoms with E-state index < -0.39 is 7.51 Å². The molecule has 4 aromatic carbocycles. The van der Waals surface area contributed by atoms with Crippen LogP contribution in [0.4, 0.5) is 0 Å². The van der Waals surface area contributed by atoms with E-state index in [-0.39, 0.29) is 0 Å². The van der Waals surface area contributed by atoms with Crippen LogP contribution >= 0.6 is 7.51 Å². The molecule has 0 saturated carbocycles. The summed E-state index contributed by atoms with van der Waals surface area (Å²) in [6.45, 7) is 18.1. The molecule has 38 heavy (non-hydrogen) atoms. The van der Waals surface area contributed by atoms with E-state index >= 15 is 0 Å². The molecular weight excluding hydrogens is 491 g/mol. The molecule has 5 heteroatoms. The fourth-order valence-corrected chi connectivity index (χ4v) is 7.70. The third kappa shape index (κ3) is 5.51. The number of benzene rings is 4. The molecule has 0 spiro atoms. The summed E-state index contributed by atoms with van der Waals surface area (Å²) in [5.74, 6) is 2.76. The van der Waals surface area contributed by atoms with Crippen LogP contribution in [0.3, 0.4) is 0 Å². The first-order chi connectivity index (χ1) is 17.9. The van der Waals surface area contributed by atoms with Crippen LogP contribution < -0.4 is 18.1 Å². The Kier molecular flexibility index (Phi) is 7.50. The Morgan fingerprint density at radius 2 is 0.500 bits per heavy atom. The van der Waals surface area contributed by atoms with Crippen molar-refractivity contribution in [1.29, 1.82) is 0 Å². The van der Waals surface area contributed by atoms with E-state index in [0.29, 0.717) is 23.0 Å². The molecule has 0 amide bonds. The fourth-order valence-electron chi connectivity index (χ4n) is 4.70. The monoisotopic (exact) mass is 530 g/mol. The van der Waals surface area contributed by atoms with Gasteiger partial charge in [0, 0.05) is 0 Å². The van der Waals surface area contributed by atoms with E-state index in [1.807, 2.05) is 135 Å². The molecule has 0 N–H and O–H groups in total. The van der Waals surface area contributed by atoms with Crippen molar-refractivity contribution >= 4 is 7.51 Å². The Balaban J connectivity index is 2.05. The van der Waals surface area contributed by atoms with Crippen LogP contribution in [0.1, 0.15) is 44.5 Å². The molecule has 4 nitrogen and oxygen atoms in total. The zero-order valence-electron chi connectivity index (χ0n) is 24.0. The Hall–Kier alpha value is -3.49. The molecule has 0 aliphatic carbocycles. The van der Waals surface area contributed by atoms with E-state index in [9.17, 15) is 0 Å². The van der Waals surface area contributed by atoms with Crippen LogP contribution in [0.25, 0.3) is 0 Å². The van der Waals surface area contributed by atoms with E-state index in [1.54, 1.807) is 0 Å². The molecule has 0 unspecified atom stereocenters. The summed E-state index contributed by atoms with van der Waals surface area (Å²) < 4.78 is 28.2. The van der Waals surface area contributed by atoms with Crippen molar-refractivity contribution < 1.29 is 18.1 Å². The molecule has 0 bridgehead atoms. The summed E-state index contributed by atoms with van der Waals surface area (Å²) >= 11 is 0. The summed E-state index contributed by atoms with van der Waals surface area (Å²) in [6, 6.07) is 24.3. The number of aryl methyl sites for hydroxylation is 8. The number of hydrogen-bond acceptors (Lipinski definition) is 4. The SMILES string of the molecule is Cc1cccc(C)c1OP(C)(Oc1c(C)cccc1C)(Oc1c(C)cccc1C)Oc1c(C)cccc1C. The second kappa shape index (κ2) is 10.3. The van der Waals surface area contributed by atoms with E-state index in [1.165, 1.54) is 0 Å². The summed E-state index contributed by atoms with van der Waals surface area (Å²) in [5.41, 5.74) is 7.79. The summed E-state index contributed by atoms with van der Waals surface area (Å²) in [5, 5.41) is 0. The zero-order chi connectivity index (χ0) is 27.7. The average molecular weight is 531 g/mol. The van der Waals surface area contributed by atoms with Crippen molar-refractivity contribution in [3.63, 3.8) is 0 Å². The predicted molar refractivity (Wildman–Crippen MR) is 159 cm³/mol. The third-order valence-electron chi connectivity index (χ3n) is 6.81. The Morgan fingerprint density at radius 3 is 0.658 bits per heavy atom. The Bertz CT molecular complexity index is 1180. The first kappa shape index (κ1) is 27.5. The predicted octanol–water partition coefficient (Wildman–Crippen LogP) is 9.61. The van der Waals surface area contributed by atoms with Crippen molar-refractivity contribution in [3.05, 3.63) is 117 Å². The van der Waals surface area contributed by atoms with Gasteiger partial charge in [0.15, 0.2) is 0 Å². The van der Waals surface area contributed by atoms with Crippen LogP contribution in [0.15, 0.2) is 72.8 Å². The zero-order valence-corrected chi connectivity index (χ0v) is 24.9. The Labute approximate surface area is 227 Å². The maximum atomic E-state index is 7.06. The minimum atomic E-state index is -4.53. The van der Waals surface area contributed by atoms with Gasteiger partial charge in [-0.2, -0.15) is 0 Å². The van der Waals surface area contributed by atoms with Gasteiger partial charge in [-0.1, -0.05) is 0 Å². The van der Waals surface area contributed by atoms with Gasteiger partial charge in [0.25, 0.3) is 0 Å². The maximum absolute atomic E-state index is 7.06. The van der Waals surface area contributed by atoms with Crippen LogP contribution in [-0.4, -0.2) is 6.66 Å². The molecule has 0 heterocycles. The van der Waals surface area contributed by atoms with Crippen molar-refractivity contribution in [3.8, 4) is 23.0 Å². The van der Waals surface area contributed by atoms with E-state index in [0.717, 1.165) is 44.5 Å². The normalized spacial score (nSPS) is 12.4. The summed E-state index contributed by atoms with van der Waals surface area (Å²) in [7, 11) is -4.53. The average Bonchev–Trinajstić information content (AvgIpc) is 2.85. The molecular formula is C33H39O4P. The number of para-hydroxylation sites is 4. The Morgan fingerprint density at radius 1 is 0.342 bits per heavy atom.